The van der Waals surface area contributed by atoms with Crippen molar-refractivity contribution < 1.29 is 14.3 Å². The minimum atomic E-state index is -1.12. The van der Waals surface area contributed by atoms with Crippen LogP contribution in [-0.4, -0.2) is 51.8 Å². The SMILES string of the molecule is CCOc1cc(C(C)(C)C)ncc1C1=N[C@@](C)(c2ccc(Cl)cc2)[C@@](C)(c2ccc(Cl)cc2)N1C(=O)N1CC[CH]CC1C(N)=O. The van der Waals surface area contributed by atoms with Gasteiger partial charge in [-0.3, -0.25) is 19.7 Å². The zero-order valence-corrected chi connectivity index (χ0v) is 28.1. The number of hydrogen-bond donors (Lipinski definition) is 1. The standard InChI is InChI=1S/C35H40Cl2N5O3/c1-7-45-28-20-29(33(2,3)4)39-21-26(28)31-40-34(5,22-11-15-24(36)16-12-22)35(6,23-13-17-25(37)18-14-23)42(31)32(44)41-19-9-8-10-27(41)30(38)43/h8,11-18,20-21,27H,7,9-10,19H2,1-6H3,(H2,38,43)/t27?,34-,35+/m0/s1. The molecule has 2 N–H and O–H groups in total. The number of nitrogens with two attached hydrogens (primary N) is 1. The molecule has 1 fully saturated rings. The monoisotopic (exact) mass is 648 g/mol. The third-order valence-corrected chi connectivity index (χ3v) is 9.53. The average Bonchev–Trinajstić information content (AvgIpc) is 3.25. The van der Waals surface area contributed by atoms with Gasteiger partial charge in [0.05, 0.1) is 12.2 Å². The van der Waals surface area contributed by atoms with Crippen molar-refractivity contribution in [2.24, 2.45) is 10.7 Å². The summed E-state index contributed by atoms with van der Waals surface area (Å²) in [6.07, 6.45) is 4.74. The summed E-state index contributed by atoms with van der Waals surface area (Å²) >= 11 is 12.7. The molecule has 3 atom stereocenters. The maximum Gasteiger partial charge on any atom is 0.327 e. The molecule has 5 rings (SSSR count). The van der Waals surface area contributed by atoms with Crippen molar-refractivity contribution in [2.75, 3.05) is 13.2 Å². The number of halogens is 2. The molecule has 10 heteroatoms. The van der Waals surface area contributed by atoms with E-state index in [1.165, 1.54) is 0 Å². The van der Waals surface area contributed by atoms with E-state index in [1.807, 2.05) is 69.7 Å². The molecule has 237 valence electrons. The Kier molecular flexibility index (Phi) is 8.95. The predicted molar refractivity (Wildman–Crippen MR) is 179 cm³/mol. The van der Waals surface area contributed by atoms with Crippen molar-refractivity contribution in [1.82, 2.24) is 14.8 Å². The van der Waals surface area contributed by atoms with Crippen molar-refractivity contribution in [2.45, 2.75) is 76.9 Å². The Bertz CT molecular complexity index is 1620. The van der Waals surface area contributed by atoms with Gasteiger partial charge in [0.25, 0.3) is 0 Å². The fourth-order valence-corrected chi connectivity index (χ4v) is 6.53. The summed E-state index contributed by atoms with van der Waals surface area (Å²) in [5.41, 5.74) is 6.50. The second-order valence-corrected chi connectivity index (χ2v) is 13.8. The van der Waals surface area contributed by atoms with Crippen molar-refractivity contribution in [3.63, 3.8) is 0 Å². The van der Waals surface area contributed by atoms with Crippen molar-refractivity contribution in [1.29, 1.82) is 0 Å². The molecule has 2 aromatic carbocycles. The number of carbonyl (C=O) groups is 2. The third-order valence-electron chi connectivity index (χ3n) is 9.03. The Hall–Kier alpha value is -3.62. The molecule has 2 aliphatic heterocycles. The van der Waals surface area contributed by atoms with Gasteiger partial charge in [0.1, 0.15) is 28.7 Å². The number of hydrogen-bond acceptors (Lipinski definition) is 5. The number of urea groups is 1. The molecule has 3 heterocycles. The van der Waals surface area contributed by atoms with Crippen LogP contribution in [0.4, 0.5) is 4.79 Å². The lowest BCUT2D eigenvalue weighted by Crippen LogP contribution is -2.62. The highest BCUT2D eigenvalue weighted by Gasteiger charge is 2.60. The molecule has 2 aliphatic rings. The molecule has 0 aliphatic carbocycles. The summed E-state index contributed by atoms with van der Waals surface area (Å²) in [4.78, 5) is 41.2. The van der Waals surface area contributed by atoms with E-state index in [0.717, 1.165) is 16.8 Å². The summed E-state index contributed by atoms with van der Waals surface area (Å²) in [6.45, 7) is 12.9. The van der Waals surface area contributed by atoms with E-state index in [1.54, 1.807) is 28.1 Å². The predicted octanol–water partition coefficient (Wildman–Crippen LogP) is 7.25. The summed E-state index contributed by atoms with van der Waals surface area (Å²) < 4.78 is 6.21. The second kappa shape index (κ2) is 12.3. The van der Waals surface area contributed by atoms with Gasteiger partial charge in [-0.2, -0.15) is 0 Å². The van der Waals surface area contributed by atoms with E-state index in [9.17, 15) is 4.79 Å². The van der Waals surface area contributed by atoms with Crippen LogP contribution < -0.4 is 10.5 Å². The van der Waals surface area contributed by atoms with Crippen LogP contribution in [0.5, 0.6) is 5.75 Å². The number of primary amides is 1. The average molecular weight is 650 g/mol. The first-order chi connectivity index (χ1) is 21.2. The Balaban J connectivity index is 1.83. The molecular formula is C35H40Cl2N5O3. The number of aliphatic imine (C=N–C) groups is 1. The first-order valence-electron chi connectivity index (χ1n) is 15.2. The topological polar surface area (TPSA) is 101 Å². The van der Waals surface area contributed by atoms with Gasteiger partial charge in [-0.05, 0) is 75.4 Å². The Labute approximate surface area is 275 Å². The fraction of sp³-hybridized carbons (Fsp3) is 0.400. The highest BCUT2D eigenvalue weighted by atomic mass is 35.5. The molecular weight excluding hydrogens is 609 g/mol. The van der Waals surface area contributed by atoms with E-state index in [2.05, 4.69) is 20.8 Å². The molecule has 1 saturated heterocycles. The van der Waals surface area contributed by atoms with E-state index in [-0.39, 0.29) is 11.4 Å². The van der Waals surface area contributed by atoms with Crippen molar-refractivity contribution in [3.8, 4) is 5.75 Å². The number of piperidine rings is 1. The van der Waals surface area contributed by atoms with Gasteiger partial charge >= 0.3 is 6.03 Å². The molecule has 1 aromatic heterocycles. The van der Waals surface area contributed by atoms with Crippen LogP contribution in [0.1, 0.15) is 76.8 Å². The molecule has 0 saturated carbocycles. The van der Waals surface area contributed by atoms with Crippen molar-refractivity contribution in [3.05, 3.63) is 99.6 Å². The van der Waals surface area contributed by atoms with Crippen molar-refractivity contribution >= 4 is 41.0 Å². The maximum atomic E-state index is 15.1. The molecule has 0 spiro atoms. The number of likely N-dealkylation sites (tertiary alicyclic amines) is 1. The number of ether oxygens (including phenoxy) is 1. The fourth-order valence-electron chi connectivity index (χ4n) is 6.27. The molecule has 0 bridgehead atoms. The van der Waals surface area contributed by atoms with Crippen LogP contribution in [0.15, 0.2) is 65.8 Å². The van der Waals surface area contributed by atoms with Crippen LogP contribution in [0.25, 0.3) is 0 Å². The lowest BCUT2D eigenvalue weighted by molar-refractivity contribution is -0.123. The summed E-state index contributed by atoms with van der Waals surface area (Å²) in [5.74, 6) is 0.382. The van der Waals surface area contributed by atoms with Gasteiger partial charge < -0.3 is 15.4 Å². The first-order valence-corrected chi connectivity index (χ1v) is 16.0. The van der Waals surface area contributed by atoms with Crippen LogP contribution >= 0.6 is 23.2 Å². The zero-order valence-electron chi connectivity index (χ0n) is 26.6. The molecule has 3 amide bonds. The molecule has 45 heavy (non-hydrogen) atoms. The third kappa shape index (κ3) is 5.79. The lowest BCUT2D eigenvalue weighted by Gasteiger charge is -2.47. The van der Waals surface area contributed by atoms with E-state index < -0.39 is 23.0 Å². The second-order valence-electron chi connectivity index (χ2n) is 12.9. The highest BCUT2D eigenvalue weighted by Crippen LogP contribution is 2.54. The molecule has 3 aromatic rings. The summed E-state index contributed by atoms with van der Waals surface area (Å²) in [6, 6.07) is 15.7. The molecule has 1 radical (unpaired) electrons. The normalized spacial score (nSPS) is 23.6. The Morgan fingerprint density at radius 1 is 1.02 bits per heavy atom. The van der Waals surface area contributed by atoms with Crippen LogP contribution in [-0.2, 0) is 21.3 Å². The minimum absolute atomic E-state index is 0.244. The van der Waals surface area contributed by atoms with Gasteiger partial charge in [0.15, 0.2) is 0 Å². The van der Waals surface area contributed by atoms with Crippen LogP contribution in [0, 0.1) is 6.42 Å². The van der Waals surface area contributed by atoms with E-state index in [0.29, 0.717) is 53.2 Å². The Morgan fingerprint density at radius 3 is 2.18 bits per heavy atom. The summed E-state index contributed by atoms with van der Waals surface area (Å²) in [5, 5.41) is 1.15. The number of aromatic nitrogens is 1. The van der Waals surface area contributed by atoms with Gasteiger partial charge in [0, 0.05) is 40.0 Å². The minimum Gasteiger partial charge on any atom is -0.493 e. The summed E-state index contributed by atoms with van der Waals surface area (Å²) in [7, 11) is 0. The number of amides is 3. The number of benzene rings is 2. The Morgan fingerprint density at radius 2 is 1.62 bits per heavy atom. The van der Waals surface area contributed by atoms with Crippen LogP contribution in [0.2, 0.25) is 10.0 Å². The number of pyridine rings is 1. The van der Waals surface area contributed by atoms with Gasteiger partial charge in [-0.25, -0.2) is 4.79 Å². The lowest BCUT2D eigenvalue weighted by atomic mass is 9.71. The number of rotatable bonds is 6. The molecule has 8 nitrogen and oxygen atoms in total. The van der Waals surface area contributed by atoms with Gasteiger partial charge in [-0.1, -0.05) is 68.2 Å². The van der Waals surface area contributed by atoms with E-state index in [4.69, 9.17) is 43.6 Å². The van der Waals surface area contributed by atoms with Gasteiger partial charge in [-0.15, -0.1) is 0 Å². The zero-order chi connectivity index (χ0) is 32.7. The largest absolute Gasteiger partial charge is 0.493 e. The van der Waals surface area contributed by atoms with Crippen LogP contribution in [0.3, 0.4) is 0 Å². The van der Waals surface area contributed by atoms with Gasteiger partial charge in [0.2, 0.25) is 5.91 Å². The number of nitrogens with zero attached hydrogens (tertiary/aromatic N) is 4. The maximum absolute atomic E-state index is 15.1. The smallest absolute Gasteiger partial charge is 0.327 e. The number of carbonyl (C=O) groups excluding carboxylic acids is 2. The highest BCUT2D eigenvalue weighted by molar-refractivity contribution is 6.30. The van der Waals surface area contributed by atoms with E-state index >= 15 is 4.79 Å². The quantitative estimate of drug-likeness (QED) is 0.304. The first kappa shape index (κ1) is 32.8. The number of amidine groups is 1. The molecule has 1 unspecified atom stereocenters.